The van der Waals surface area contributed by atoms with Crippen LogP contribution in [0.25, 0.3) is 11.4 Å². The van der Waals surface area contributed by atoms with Gasteiger partial charge in [-0.3, -0.25) is 0 Å². The number of nitrogens with two attached hydrogens (primary N) is 1. The smallest absolute Gasteiger partial charge is 0.399 e. The van der Waals surface area contributed by atoms with E-state index in [0.29, 0.717) is 0 Å². The highest BCUT2D eigenvalue weighted by Crippen LogP contribution is 2.33. The number of benzene rings is 1. The van der Waals surface area contributed by atoms with Gasteiger partial charge in [0.1, 0.15) is 0 Å². The van der Waals surface area contributed by atoms with E-state index >= 15 is 0 Å². The van der Waals surface area contributed by atoms with E-state index in [2.05, 4.69) is 20.6 Å². The van der Waals surface area contributed by atoms with Gasteiger partial charge in [0.15, 0.2) is 0 Å². The van der Waals surface area contributed by atoms with Crippen molar-refractivity contribution in [3.63, 3.8) is 0 Å². The van der Waals surface area contributed by atoms with Gasteiger partial charge in [-0.05, 0) is 23.4 Å². The van der Waals surface area contributed by atoms with Crippen molar-refractivity contribution >= 4 is 5.69 Å². The molecule has 0 saturated carbocycles. The first-order chi connectivity index (χ1) is 7.47. The fourth-order valence-electron chi connectivity index (χ4n) is 1.23. The zero-order valence-electron chi connectivity index (χ0n) is 7.78. The lowest BCUT2D eigenvalue weighted by molar-refractivity contribution is -0.137. The molecule has 0 saturated heterocycles. The summed E-state index contributed by atoms with van der Waals surface area (Å²) >= 11 is 0. The van der Waals surface area contributed by atoms with Crippen LogP contribution in [0.4, 0.5) is 18.9 Å². The van der Waals surface area contributed by atoms with Crippen LogP contribution in [0.3, 0.4) is 0 Å². The molecule has 0 fully saturated rings. The molecule has 0 radical (unpaired) electrons. The highest BCUT2D eigenvalue weighted by Gasteiger charge is 2.31. The molecule has 1 aromatic heterocycles. The second kappa shape index (κ2) is 3.47. The van der Waals surface area contributed by atoms with E-state index in [-0.39, 0.29) is 17.1 Å². The van der Waals surface area contributed by atoms with Crippen LogP contribution in [0.5, 0.6) is 0 Å². The van der Waals surface area contributed by atoms with Crippen molar-refractivity contribution < 1.29 is 13.2 Å². The number of alkyl halides is 3. The molecular weight excluding hydrogens is 223 g/mol. The Labute approximate surface area is 87.5 Å². The topological polar surface area (TPSA) is 80.5 Å². The Balaban J connectivity index is 2.53. The van der Waals surface area contributed by atoms with Gasteiger partial charge < -0.3 is 5.73 Å². The molecular formula is C8H6F3N5. The number of anilines is 1. The molecule has 84 valence electrons. The monoisotopic (exact) mass is 229 g/mol. The standard InChI is InChI=1S/C8H6F3N5/c9-8(10,11)5-1-4(2-6(12)3-5)7-13-15-16-14-7/h1-3H,12H2,(H,13,14,15,16). The van der Waals surface area contributed by atoms with Crippen molar-refractivity contribution in [1.29, 1.82) is 0 Å². The summed E-state index contributed by atoms with van der Waals surface area (Å²) in [4.78, 5) is 0. The van der Waals surface area contributed by atoms with Crippen LogP contribution < -0.4 is 5.73 Å². The quantitative estimate of drug-likeness (QED) is 0.725. The van der Waals surface area contributed by atoms with Crippen molar-refractivity contribution in [2.24, 2.45) is 0 Å². The van der Waals surface area contributed by atoms with E-state index in [1.165, 1.54) is 6.07 Å². The summed E-state index contributed by atoms with van der Waals surface area (Å²) < 4.78 is 37.4. The van der Waals surface area contributed by atoms with Gasteiger partial charge in [0, 0.05) is 11.3 Å². The first-order valence-corrected chi connectivity index (χ1v) is 4.18. The first kappa shape index (κ1) is 10.4. The van der Waals surface area contributed by atoms with Gasteiger partial charge in [-0.25, -0.2) is 0 Å². The van der Waals surface area contributed by atoms with Crippen LogP contribution in [0, 0.1) is 0 Å². The summed E-state index contributed by atoms with van der Waals surface area (Å²) in [6.07, 6.45) is -4.45. The minimum absolute atomic E-state index is 0.00498. The van der Waals surface area contributed by atoms with E-state index in [4.69, 9.17) is 5.73 Å². The molecule has 0 unspecified atom stereocenters. The van der Waals surface area contributed by atoms with Gasteiger partial charge in [-0.15, -0.1) is 10.2 Å². The molecule has 2 rings (SSSR count). The summed E-state index contributed by atoms with van der Waals surface area (Å²) in [5.74, 6) is 0.0674. The van der Waals surface area contributed by atoms with Crippen molar-refractivity contribution in [2.45, 2.75) is 6.18 Å². The average Bonchev–Trinajstić information content (AvgIpc) is 2.68. The van der Waals surface area contributed by atoms with Crippen molar-refractivity contribution in [3.8, 4) is 11.4 Å². The first-order valence-electron chi connectivity index (χ1n) is 4.18. The Morgan fingerprint density at radius 1 is 1.19 bits per heavy atom. The SMILES string of the molecule is Nc1cc(-c2nn[nH]n2)cc(C(F)(F)F)c1. The molecule has 0 aliphatic rings. The van der Waals surface area contributed by atoms with Crippen LogP contribution >= 0.6 is 0 Å². The summed E-state index contributed by atoms with van der Waals surface area (Å²) in [5.41, 5.74) is 4.70. The molecule has 16 heavy (non-hydrogen) atoms. The minimum Gasteiger partial charge on any atom is -0.399 e. The van der Waals surface area contributed by atoms with Gasteiger partial charge in [0.25, 0.3) is 0 Å². The fourth-order valence-corrected chi connectivity index (χ4v) is 1.23. The molecule has 0 amide bonds. The van der Waals surface area contributed by atoms with Gasteiger partial charge in [0.05, 0.1) is 5.56 Å². The number of nitrogens with zero attached hydrogens (tertiary/aromatic N) is 3. The number of H-pyrrole nitrogens is 1. The Bertz CT molecular complexity index is 491. The number of aromatic amines is 1. The van der Waals surface area contributed by atoms with Gasteiger partial charge in [-0.2, -0.15) is 18.4 Å². The molecule has 8 heteroatoms. The van der Waals surface area contributed by atoms with Crippen molar-refractivity contribution in [2.75, 3.05) is 5.73 Å². The highest BCUT2D eigenvalue weighted by atomic mass is 19.4. The number of hydrogen-bond acceptors (Lipinski definition) is 4. The molecule has 1 aromatic carbocycles. The second-order valence-corrected chi connectivity index (χ2v) is 3.08. The fraction of sp³-hybridized carbons (Fsp3) is 0.125. The van der Waals surface area contributed by atoms with Crippen LogP contribution in [-0.4, -0.2) is 20.6 Å². The van der Waals surface area contributed by atoms with Gasteiger partial charge in [-0.1, -0.05) is 0 Å². The van der Waals surface area contributed by atoms with Gasteiger partial charge in [0.2, 0.25) is 5.82 Å². The zero-order valence-corrected chi connectivity index (χ0v) is 7.78. The van der Waals surface area contributed by atoms with Crippen molar-refractivity contribution in [3.05, 3.63) is 23.8 Å². The average molecular weight is 229 g/mol. The maximum atomic E-state index is 12.5. The minimum atomic E-state index is -4.45. The largest absolute Gasteiger partial charge is 0.416 e. The summed E-state index contributed by atoms with van der Waals surface area (Å²) in [6.45, 7) is 0. The van der Waals surface area contributed by atoms with E-state index in [1.54, 1.807) is 0 Å². The molecule has 1 heterocycles. The molecule has 3 N–H and O–H groups in total. The molecule has 0 aliphatic carbocycles. The number of nitrogens with one attached hydrogen (secondary N) is 1. The third-order valence-corrected chi connectivity index (χ3v) is 1.89. The molecule has 0 spiro atoms. The lowest BCUT2D eigenvalue weighted by Crippen LogP contribution is -2.06. The molecule has 5 nitrogen and oxygen atoms in total. The van der Waals surface area contributed by atoms with Crippen LogP contribution in [0.1, 0.15) is 5.56 Å². The lowest BCUT2D eigenvalue weighted by Gasteiger charge is -2.08. The van der Waals surface area contributed by atoms with E-state index in [1.807, 2.05) is 0 Å². The maximum absolute atomic E-state index is 12.5. The predicted molar refractivity (Wildman–Crippen MR) is 49.0 cm³/mol. The van der Waals surface area contributed by atoms with E-state index < -0.39 is 11.7 Å². The third-order valence-electron chi connectivity index (χ3n) is 1.89. The predicted octanol–water partition coefficient (Wildman–Crippen LogP) is 1.47. The molecule has 2 aromatic rings. The normalized spacial score (nSPS) is 11.7. The Kier molecular flexibility index (Phi) is 2.26. The number of nitrogen functional groups attached to an aromatic ring is 1. The van der Waals surface area contributed by atoms with E-state index in [0.717, 1.165) is 12.1 Å². The number of rotatable bonds is 1. The number of halogens is 3. The van der Waals surface area contributed by atoms with E-state index in [9.17, 15) is 13.2 Å². The summed E-state index contributed by atoms with van der Waals surface area (Å²) in [5, 5.41) is 12.6. The third kappa shape index (κ3) is 1.95. The molecule has 0 aliphatic heterocycles. The highest BCUT2D eigenvalue weighted by molar-refractivity contribution is 5.62. The molecule has 0 atom stereocenters. The molecule has 0 bridgehead atoms. The number of hydrogen-bond donors (Lipinski definition) is 2. The second-order valence-electron chi connectivity index (χ2n) is 3.08. The van der Waals surface area contributed by atoms with Gasteiger partial charge >= 0.3 is 6.18 Å². The number of tetrazole rings is 1. The Morgan fingerprint density at radius 2 is 1.94 bits per heavy atom. The van der Waals surface area contributed by atoms with Crippen LogP contribution in [0.15, 0.2) is 18.2 Å². The Hall–Kier alpha value is -2.12. The Morgan fingerprint density at radius 3 is 2.50 bits per heavy atom. The summed E-state index contributed by atoms with van der Waals surface area (Å²) in [6, 6.07) is 3.12. The summed E-state index contributed by atoms with van der Waals surface area (Å²) in [7, 11) is 0. The number of aromatic nitrogens is 4. The maximum Gasteiger partial charge on any atom is 0.416 e. The van der Waals surface area contributed by atoms with Crippen LogP contribution in [-0.2, 0) is 6.18 Å². The lowest BCUT2D eigenvalue weighted by atomic mass is 10.1. The van der Waals surface area contributed by atoms with Crippen LogP contribution in [0.2, 0.25) is 0 Å². The zero-order chi connectivity index (χ0) is 11.8. The van der Waals surface area contributed by atoms with Crippen molar-refractivity contribution in [1.82, 2.24) is 20.6 Å².